The third-order valence-corrected chi connectivity index (χ3v) is 4.69. The molecule has 4 nitrogen and oxygen atoms in total. The van der Waals surface area contributed by atoms with Gasteiger partial charge in [0.2, 0.25) is 0 Å². The quantitative estimate of drug-likeness (QED) is 0.872. The van der Waals surface area contributed by atoms with Gasteiger partial charge in [0.15, 0.2) is 0 Å². The Hall–Kier alpha value is -0.840. The van der Waals surface area contributed by atoms with Crippen molar-refractivity contribution in [3.8, 4) is 0 Å². The number of furan rings is 1. The summed E-state index contributed by atoms with van der Waals surface area (Å²) in [5.41, 5.74) is 0. The van der Waals surface area contributed by atoms with E-state index in [0.29, 0.717) is 6.04 Å². The molecule has 2 saturated heterocycles. The molecule has 0 radical (unpaired) electrons. The lowest BCUT2D eigenvalue weighted by atomic mass is 10.2. The number of hydrogen-bond donors (Lipinski definition) is 1. The Morgan fingerprint density at radius 2 is 1.95 bits per heavy atom. The van der Waals surface area contributed by atoms with Gasteiger partial charge in [-0.2, -0.15) is 0 Å². The molecule has 4 heteroatoms. The zero-order chi connectivity index (χ0) is 14.7. The second-order valence-electron chi connectivity index (χ2n) is 6.82. The van der Waals surface area contributed by atoms with Crippen LogP contribution in [-0.2, 0) is 13.1 Å². The Bertz CT molecular complexity index is 437. The van der Waals surface area contributed by atoms with E-state index in [0.717, 1.165) is 30.7 Å². The number of likely N-dealkylation sites (tertiary alicyclic amines) is 2. The van der Waals surface area contributed by atoms with Crippen molar-refractivity contribution in [1.82, 2.24) is 15.1 Å². The van der Waals surface area contributed by atoms with Crippen LogP contribution in [0.25, 0.3) is 0 Å². The van der Waals surface area contributed by atoms with Gasteiger partial charge in [-0.1, -0.05) is 13.8 Å². The molecule has 2 aliphatic heterocycles. The van der Waals surface area contributed by atoms with E-state index >= 15 is 0 Å². The van der Waals surface area contributed by atoms with Crippen LogP contribution >= 0.6 is 0 Å². The molecule has 0 spiro atoms. The van der Waals surface area contributed by atoms with Crippen molar-refractivity contribution in [2.75, 3.05) is 26.2 Å². The monoisotopic (exact) mass is 291 g/mol. The lowest BCUT2D eigenvalue weighted by Crippen LogP contribution is -2.35. The van der Waals surface area contributed by atoms with Gasteiger partial charge in [0.05, 0.1) is 13.1 Å². The largest absolute Gasteiger partial charge is 0.463 e. The van der Waals surface area contributed by atoms with E-state index < -0.39 is 0 Å². The predicted molar refractivity (Wildman–Crippen MR) is 85.2 cm³/mol. The Kier molecular flexibility index (Phi) is 4.99. The predicted octanol–water partition coefficient (Wildman–Crippen LogP) is 2.45. The highest BCUT2D eigenvalue weighted by Crippen LogP contribution is 2.22. The molecule has 0 amide bonds. The number of nitrogens with zero attached hydrogens (tertiary/aromatic N) is 2. The van der Waals surface area contributed by atoms with Crippen LogP contribution in [0.15, 0.2) is 16.5 Å². The third kappa shape index (κ3) is 4.09. The van der Waals surface area contributed by atoms with Crippen molar-refractivity contribution in [3.05, 3.63) is 23.7 Å². The topological polar surface area (TPSA) is 31.6 Å². The first-order valence-corrected chi connectivity index (χ1v) is 8.48. The van der Waals surface area contributed by atoms with Crippen molar-refractivity contribution in [1.29, 1.82) is 0 Å². The van der Waals surface area contributed by atoms with Gasteiger partial charge in [-0.3, -0.25) is 9.80 Å². The molecule has 3 rings (SSSR count). The van der Waals surface area contributed by atoms with Crippen LogP contribution in [0, 0.1) is 0 Å². The van der Waals surface area contributed by atoms with Gasteiger partial charge in [0.25, 0.3) is 0 Å². The highest BCUT2D eigenvalue weighted by molar-refractivity contribution is 5.07. The molecule has 1 atom stereocenters. The molecule has 1 aromatic heterocycles. The Morgan fingerprint density at radius 3 is 2.71 bits per heavy atom. The number of nitrogens with one attached hydrogen (secondary N) is 1. The van der Waals surface area contributed by atoms with E-state index in [2.05, 4.69) is 41.1 Å². The van der Waals surface area contributed by atoms with Crippen LogP contribution in [-0.4, -0.2) is 48.1 Å². The molecular weight excluding hydrogens is 262 g/mol. The molecule has 1 aromatic rings. The van der Waals surface area contributed by atoms with Gasteiger partial charge in [0, 0.05) is 25.2 Å². The smallest absolute Gasteiger partial charge is 0.118 e. The summed E-state index contributed by atoms with van der Waals surface area (Å²) in [6, 6.07) is 5.53. The maximum absolute atomic E-state index is 5.94. The fraction of sp³-hybridized carbons (Fsp3) is 0.765. The fourth-order valence-electron chi connectivity index (χ4n) is 3.49. The molecular formula is C17H29N3O. The summed E-state index contributed by atoms with van der Waals surface area (Å²) in [4.78, 5) is 5.22. The van der Waals surface area contributed by atoms with Gasteiger partial charge in [-0.05, 0) is 44.5 Å². The maximum Gasteiger partial charge on any atom is 0.118 e. The van der Waals surface area contributed by atoms with Gasteiger partial charge in [-0.25, -0.2) is 0 Å². The summed E-state index contributed by atoms with van der Waals surface area (Å²) in [5.74, 6) is 2.16. The summed E-state index contributed by atoms with van der Waals surface area (Å²) in [5, 5.41) is 3.40. The average Bonchev–Trinajstić information content (AvgIpc) is 3.18. The SMILES string of the molecule is CC(C)NCc1ccc(CN2CCC(N3CCCC3)C2)o1. The van der Waals surface area contributed by atoms with Crippen molar-refractivity contribution in [2.24, 2.45) is 0 Å². The second kappa shape index (κ2) is 6.95. The number of hydrogen-bond acceptors (Lipinski definition) is 4. The van der Waals surface area contributed by atoms with Crippen molar-refractivity contribution in [3.63, 3.8) is 0 Å². The van der Waals surface area contributed by atoms with Crippen molar-refractivity contribution in [2.45, 2.75) is 58.3 Å². The van der Waals surface area contributed by atoms with Crippen LogP contribution in [0.3, 0.4) is 0 Å². The Labute approximate surface area is 128 Å². The van der Waals surface area contributed by atoms with Crippen molar-refractivity contribution >= 4 is 0 Å². The number of rotatable bonds is 6. The minimum atomic E-state index is 0.498. The molecule has 0 aromatic carbocycles. The Morgan fingerprint density at radius 1 is 1.19 bits per heavy atom. The standard InChI is InChI=1S/C17H29N3O/c1-14(2)18-11-16-5-6-17(21-16)13-19-10-7-15(12-19)20-8-3-4-9-20/h5-6,14-15,18H,3-4,7-13H2,1-2H3. The summed E-state index contributed by atoms with van der Waals surface area (Å²) >= 11 is 0. The molecule has 0 bridgehead atoms. The first-order chi connectivity index (χ1) is 10.2. The molecule has 0 aliphatic carbocycles. The maximum atomic E-state index is 5.94. The molecule has 21 heavy (non-hydrogen) atoms. The van der Waals surface area contributed by atoms with E-state index in [4.69, 9.17) is 4.42 Å². The van der Waals surface area contributed by atoms with Gasteiger partial charge < -0.3 is 9.73 Å². The zero-order valence-electron chi connectivity index (χ0n) is 13.5. The third-order valence-electron chi connectivity index (χ3n) is 4.69. The molecule has 1 unspecified atom stereocenters. The summed E-state index contributed by atoms with van der Waals surface area (Å²) in [6.45, 7) is 11.1. The lowest BCUT2D eigenvalue weighted by Gasteiger charge is -2.23. The fourth-order valence-corrected chi connectivity index (χ4v) is 3.49. The zero-order valence-corrected chi connectivity index (χ0v) is 13.5. The van der Waals surface area contributed by atoms with E-state index in [-0.39, 0.29) is 0 Å². The van der Waals surface area contributed by atoms with E-state index in [1.807, 2.05) is 0 Å². The summed E-state index contributed by atoms with van der Waals surface area (Å²) in [6.07, 6.45) is 4.10. The molecule has 3 heterocycles. The molecule has 2 aliphatic rings. The van der Waals surface area contributed by atoms with Gasteiger partial charge in [0.1, 0.15) is 11.5 Å². The normalized spacial score (nSPS) is 24.4. The first-order valence-electron chi connectivity index (χ1n) is 8.48. The molecule has 0 saturated carbocycles. The first kappa shape index (κ1) is 15.1. The summed E-state index contributed by atoms with van der Waals surface area (Å²) in [7, 11) is 0. The lowest BCUT2D eigenvalue weighted by molar-refractivity contribution is 0.222. The van der Waals surface area contributed by atoms with E-state index in [1.54, 1.807) is 0 Å². The molecule has 1 N–H and O–H groups in total. The van der Waals surface area contributed by atoms with Gasteiger partial charge >= 0.3 is 0 Å². The summed E-state index contributed by atoms with van der Waals surface area (Å²) < 4.78 is 5.94. The van der Waals surface area contributed by atoms with Crippen LogP contribution < -0.4 is 5.32 Å². The molecule has 118 valence electrons. The van der Waals surface area contributed by atoms with Gasteiger partial charge in [-0.15, -0.1) is 0 Å². The van der Waals surface area contributed by atoms with E-state index in [9.17, 15) is 0 Å². The van der Waals surface area contributed by atoms with Crippen LogP contribution in [0.2, 0.25) is 0 Å². The van der Waals surface area contributed by atoms with Crippen molar-refractivity contribution < 1.29 is 4.42 Å². The molecule has 2 fully saturated rings. The highest BCUT2D eigenvalue weighted by Gasteiger charge is 2.29. The second-order valence-corrected chi connectivity index (χ2v) is 6.82. The van der Waals surface area contributed by atoms with Crippen LogP contribution in [0.5, 0.6) is 0 Å². The highest BCUT2D eigenvalue weighted by atomic mass is 16.3. The minimum absolute atomic E-state index is 0.498. The minimum Gasteiger partial charge on any atom is -0.463 e. The van der Waals surface area contributed by atoms with E-state index in [1.165, 1.54) is 45.4 Å². The Balaban J connectivity index is 1.46. The average molecular weight is 291 g/mol. The van der Waals surface area contributed by atoms with Crippen LogP contribution in [0.1, 0.15) is 44.6 Å². The van der Waals surface area contributed by atoms with Crippen LogP contribution in [0.4, 0.5) is 0 Å².